The molecule has 5 aliphatic carbocycles. The summed E-state index contributed by atoms with van der Waals surface area (Å²) in [6, 6.07) is 7.91. The number of fused-ring (bicyclic) bond motifs is 7. The standard InChI is InChI=1S/C37H48O5/c1-22(2)30-27(39)20-37(32(40)41)19-18-35(6)26(31(30)37)12-13-29-34(5)16-14-25(23-8-10-24(11-9-23)42-21-38)33(3,4)28(34)15-17-36(29,35)7/h8-11,14,21-22,26,28-29H,12-13,15-20H2,1-7H3,(H,40,41)/t26-,28+,29-,34+,35-,36-,37-/m1/s1. The number of hydrogen-bond acceptors (Lipinski definition) is 4. The molecule has 0 saturated heterocycles. The van der Waals surface area contributed by atoms with Crippen LogP contribution >= 0.6 is 0 Å². The molecule has 3 saturated carbocycles. The van der Waals surface area contributed by atoms with Crippen LogP contribution in [0.5, 0.6) is 5.75 Å². The second-order valence-electron chi connectivity index (χ2n) is 15.9. The van der Waals surface area contributed by atoms with Gasteiger partial charge < -0.3 is 9.84 Å². The molecule has 42 heavy (non-hydrogen) atoms. The van der Waals surface area contributed by atoms with Gasteiger partial charge in [0, 0.05) is 6.42 Å². The summed E-state index contributed by atoms with van der Waals surface area (Å²) in [6.07, 6.45) is 9.45. The van der Waals surface area contributed by atoms with E-state index >= 15 is 0 Å². The Balaban J connectivity index is 1.40. The molecule has 0 heterocycles. The van der Waals surface area contributed by atoms with E-state index in [4.69, 9.17) is 4.74 Å². The number of rotatable bonds is 5. The summed E-state index contributed by atoms with van der Waals surface area (Å²) in [6.45, 7) is 17.0. The summed E-state index contributed by atoms with van der Waals surface area (Å²) in [5.41, 5.74) is 3.59. The summed E-state index contributed by atoms with van der Waals surface area (Å²) in [5.74, 6) is 1.11. The van der Waals surface area contributed by atoms with Gasteiger partial charge in [0.1, 0.15) is 5.75 Å². The Hall–Kier alpha value is -2.69. The molecule has 0 aromatic heterocycles. The molecule has 0 aliphatic heterocycles. The number of benzene rings is 1. The third-order valence-corrected chi connectivity index (χ3v) is 13.8. The fourth-order valence-electron chi connectivity index (χ4n) is 11.7. The zero-order chi connectivity index (χ0) is 30.5. The third-order valence-electron chi connectivity index (χ3n) is 13.8. The van der Waals surface area contributed by atoms with E-state index in [1.54, 1.807) is 0 Å². The first kappa shape index (κ1) is 29.4. The van der Waals surface area contributed by atoms with Crippen LogP contribution in [0.4, 0.5) is 0 Å². The molecule has 0 spiro atoms. The first-order valence-corrected chi connectivity index (χ1v) is 16.1. The number of carboxylic acid groups (broad SMARTS) is 1. The molecular formula is C37H48O5. The van der Waals surface area contributed by atoms with Gasteiger partial charge in [-0.1, -0.05) is 66.7 Å². The smallest absolute Gasteiger partial charge is 0.314 e. The molecule has 5 nitrogen and oxygen atoms in total. The first-order chi connectivity index (χ1) is 19.7. The molecule has 0 unspecified atom stereocenters. The number of carbonyl (C=O) groups excluding carboxylic acids is 2. The number of carbonyl (C=O) groups is 3. The molecule has 226 valence electrons. The molecule has 5 heteroatoms. The molecule has 3 fully saturated rings. The van der Waals surface area contributed by atoms with Gasteiger partial charge in [0.15, 0.2) is 5.78 Å². The largest absolute Gasteiger partial charge is 0.481 e. The second kappa shape index (κ2) is 9.40. The Labute approximate surface area is 251 Å². The Morgan fingerprint density at radius 3 is 2.26 bits per heavy atom. The zero-order valence-electron chi connectivity index (χ0n) is 26.5. The van der Waals surface area contributed by atoms with Crippen molar-refractivity contribution in [3.63, 3.8) is 0 Å². The summed E-state index contributed by atoms with van der Waals surface area (Å²) in [5, 5.41) is 10.6. The van der Waals surface area contributed by atoms with Crippen molar-refractivity contribution < 1.29 is 24.2 Å². The number of ketones is 1. The van der Waals surface area contributed by atoms with E-state index in [2.05, 4.69) is 66.7 Å². The minimum atomic E-state index is -0.998. The van der Waals surface area contributed by atoms with Gasteiger partial charge in [0.25, 0.3) is 6.47 Å². The predicted molar refractivity (Wildman–Crippen MR) is 164 cm³/mol. The van der Waals surface area contributed by atoms with Crippen LogP contribution in [-0.2, 0) is 14.4 Å². The first-order valence-electron chi connectivity index (χ1n) is 16.1. The van der Waals surface area contributed by atoms with Crippen molar-refractivity contribution in [1.82, 2.24) is 0 Å². The Kier molecular flexibility index (Phi) is 6.58. The number of ether oxygens (including phenoxy) is 1. The van der Waals surface area contributed by atoms with E-state index < -0.39 is 11.4 Å². The summed E-state index contributed by atoms with van der Waals surface area (Å²) >= 11 is 0. The monoisotopic (exact) mass is 572 g/mol. The van der Waals surface area contributed by atoms with Gasteiger partial charge in [-0.2, -0.15) is 0 Å². The van der Waals surface area contributed by atoms with Gasteiger partial charge in [-0.05, 0) is 125 Å². The molecule has 0 amide bonds. The van der Waals surface area contributed by atoms with Crippen LogP contribution in [-0.4, -0.2) is 23.3 Å². The highest BCUT2D eigenvalue weighted by atomic mass is 16.5. The summed E-state index contributed by atoms with van der Waals surface area (Å²) < 4.78 is 5.04. The van der Waals surface area contributed by atoms with Crippen LogP contribution in [0.3, 0.4) is 0 Å². The Bertz CT molecular complexity index is 1400. The highest BCUT2D eigenvalue weighted by Crippen LogP contribution is 2.76. The zero-order valence-corrected chi connectivity index (χ0v) is 26.5. The fraction of sp³-hybridized carbons (Fsp3) is 0.649. The molecule has 1 N–H and O–H groups in total. The van der Waals surface area contributed by atoms with Crippen LogP contribution in [0.2, 0.25) is 0 Å². The molecule has 1 aromatic rings. The molecule has 1 aromatic carbocycles. The van der Waals surface area contributed by atoms with Crippen molar-refractivity contribution in [3.05, 3.63) is 47.1 Å². The average molecular weight is 573 g/mol. The van der Waals surface area contributed by atoms with E-state index in [-0.39, 0.29) is 45.7 Å². The van der Waals surface area contributed by atoms with E-state index in [9.17, 15) is 19.5 Å². The van der Waals surface area contributed by atoms with E-state index in [1.807, 2.05) is 12.1 Å². The maximum atomic E-state index is 13.4. The van der Waals surface area contributed by atoms with Gasteiger partial charge in [0.2, 0.25) is 0 Å². The van der Waals surface area contributed by atoms with Crippen LogP contribution in [0.25, 0.3) is 5.57 Å². The molecule has 0 bridgehead atoms. The SMILES string of the molecule is CC(C)C1=C2[C@H]3CC[C@@H]4[C@@]5(C)CC=C(c6ccc(OC=O)cc6)C(C)(C)[C@@H]5CC[C@@]4(C)[C@]3(C)CC[C@@]2(C(=O)O)CC1=O. The minimum Gasteiger partial charge on any atom is -0.481 e. The number of allylic oxidation sites excluding steroid dienone is 3. The predicted octanol–water partition coefficient (Wildman–Crippen LogP) is 8.28. The lowest BCUT2D eigenvalue weighted by Crippen LogP contribution is -2.64. The van der Waals surface area contributed by atoms with Gasteiger partial charge >= 0.3 is 5.97 Å². The van der Waals surface area contributed by atoms with Gasteiger partial charge in [-0.15, -0.1) is 0 Å². The van der Waals surface area contributed by atoms with Crippen LogP contribution in [0, 0.1) is 50.7 Å². The normalized spacial score (nSPS) is 40.4. The maximum absolute atomic E-state index is 13.4. The van der Waals surface area contributed by atoms with E-state index in [0.29, 0.717) is 30.5 Å². The van der Waals surface area contributed by atoms with Crippen LogP contribution < -0.4 is 4.74 Å². The quantitative estimate of drug-likeness (QED) is 0.359. The van der Waals surface area contributed by atoms with E-state index in [0.717, 1.165) is 49.7 Å². The van der Waals surface area contributed by atoms with Crippen molar-refractivity contribution in [2.75, 3.05) is 0 Å². The van der Waals surface area contributed by atoms with Crippen molar-refractivity contribution >= 4 is 23.8 Å². The Morgan fingerprint density at radius 1 is 0.952 bits per heavy atom. The van der Waals surface area contributed by atoms with Gasteiger partial charge in [-0.3, -0.25) is 14.4 Å². The van der Waals surface area contributed by atoms with Crippen molar-refractivity contribution in [1.29, 1.82) is 0 Å². The molecule has 0 radical (unpaired) electrons. The van der Waals surface area contributed by atoms with Crippen LogP contribution in [0.15, 0.2) is 41.5 Å². The lowest BCUT2D eigenvalue weighted by Gasteiger charge is -2.71. The fourth-order valence-corrected chi connectivity index (χ4v) is 11.7. The number of carboxylic acids is 1. The number of aliphatic carboxylic acids is 1. The van der Waals surface area contributed by atoms with Gasteiger partial charge in [-0.25, -0.2) is 0 Å². The van der Waals surface area contributed by atoms with Crippen molar-refractivity contribution in [3.8, 4) is 5.75 Å². The summed E-state index contributed by atoms with van der Waals surface area (Å²) in [4.78, 5) is 37.1. The minimum absolute atomic E-state index is 0.0185. The third kappa shape index (κ3) is 3.64. The maximum Gasteiger partial charge on any atom is 0.314 e. The molecule has 7 atom stereocenters. The topological polar surface area (TPSA) is 80.7 Å². The summed E-state index contributed by atoms with van der Waals surface area (Å²) in [7, 11) is 0. The highest BCUT2D eigenvalue weighted by Gasteiger charge is 2.70. The average Bonchev–Trinajstić information content (AvgIpc) is 3.23. The molecular weight excluding hydrogens is 524 g/mol. The number of hydrogen-bond donors (Lipinski definition) is 1. The molecule has 5 aliphatic rings. The van der Waals surface area contributed by atoms with Crippen molar-refractivity contribution in [2.24, 2.45) is 50.7 Å². The van der Waals surface area contributed by atoms with Crippen molar-refractivity contribution in [2.45, 2.75) is 99.8 Å². The van der Waals surface area contributed by atoms with Crippen LogP contribution in [0.1, 0.15) is 105 Å². The van der Waals surface area contributed by atoms with Gasteiger partial charge in [0.05, 0.1) is 5.41 Å². The second-order valence-corrected chi connectivity index (χ2v) is 15.9. The van der Waals surface area contributed by atoms with E-state index in [1.165, 1.54) is 11.1 Å². The molecule has 6 rings (SSSR count). The highest BCUT2D eigenvalue weighted by molar-refractivity contribution is 6.05. The lowest BCUT2D eigenvalue weighted by molar-refractivity contribution is -0.199. The lowest BCUT2D eigenvalue weighted by atomic mass is 9.33. The Morgan fingerprint density at radius 2 is 1.64 bits per heavy atom. The number of Topliss-reactive ketones (excluding diaryl/α,β-unsaturated/α-hetero) is 1.